The molecule has 3 nitrogen and oxygen atoms in total. The predicted octanol–water partition coefficient (Wildman–Crippen LogP) is 3.92. The van der Waals surface area contributed by atoms with Crippen molar-refractivity contribution in [1.29, 1.82) is 0 Å². The van der Waals surface area contributed by atoms with Gasteiger partial charge in [-0.1, -0.05) is 6.92 Å². The topological polar surface area (TPSA) is 34.1 Å². The molecule has 0 amide bonds. The average Bonchev–Trinajstić information content (AvgIpc) is 2.96. The summed E-state index contributed by atoms with van der Waals surface area (Å²) in [6.45, 7) is 5.42. The molecule has 0 aliphatic heterocycles. The van der Waals surface area contributed by atoms with Gasteiger partial charge in [0.25, 0.3) is 0 Å². The fraction of sp³-hybridized carbons (Fsp3) is 0.400. The Morgan fingerprint density at radius 2 is 2.30 bits per heavy atom. The highest BCUT2D eigenvalue weighted by molar-refractivity contribution is 7.09. The molecule has 0 radical (unpaired) electrons. The van der Waals surface area contributed by atoms with E-state index in [-0.39, 0.29) is 11.9 Å². The molecule has 2 rings (SSSR count). The largest absolute Gasteiger partial charge is 0.486 e. The number of hydrogen-bond acceptors (Lipinski definition) is 4. The number of aromatic nitrogens is 1. The Balaban J connectivity index is 2.10. The van der Waals surface area contributed by atoms with Crippen molar-refractivity contribution in [1.82, 2.24) is 10.3 Å². The summed E-state index contributed by atoms with van der Waals surface area (Å²) >= 11 is 1.55. The van der Waals surface area contributed by atoms with Crippen LogP contribution in [-0.2, 0) is 6.61 Å². The molecule has 2 aromatic rings. The summed E-state index contributed by atoms with van der Waals surface area (Å²) in [6.07, 6.45) is 2.79. The molecule has 108 valence electrons. The quantitative estimate of drug-likeness (QED) is 0.840. The number of ether oxygens (including phenoxy) is 1. The van der Waals surface area contributed by atoms with Gasteiger partial charge in [-0.05, 0) is 38.1 Å². The van der Waals surface area contributed by atoms with Crippen LogP contribution in [0.25, 0.3) is 0 Å². The zero-order chi connectivity index (χ0) is 14.4. The molecule has 20 heavy (non-hydrogen) atoms. The molecule has 1 N–H and O–H groups in total. The van der Waals surface area contributed by atoms with Crippen LogP contribution in [0.15, 0.2) is 29.8 Å². The number of thiazole rings is 1. The van der Waals surface area contributed by atoms with Crippen LogP contribution in [-0.4, -0.2) is 11.5 Å². The zero-order valence-corrected chi connectivity index (χ0v) is 12.5. The molecule has 1 unspecified atom stereocenters. The van der Waals surface area contributed by atoms with Crippen LogP contribution < -0.4 is 10.1 Å². The van der Waals surface area contributed by atoms with Crippen molar-refractivity contribution in [3.63, 3.8) is 0 Å². The van der Waals surface area contributed by atoms with Gasteiger partial charge in [0.1, 0.15) is 23.2 Å². The Morgan fingerprint density at radius 3 is 3.00 bits per heavy atom. The van der Waals surface area contributed by atoms with Crippen LogP contribution in [0.4, 0.5) is 4.39 Å². The minimum atomic E-state index is -0.244. The maximum Gasteiger partial charge on any atom is 0.140 e. The third-order valence-electron chi connectivity index (χ3n) is 2.97. The number of halogens is 1. The van der Waals surface area contributed by atoms with Crippen molar-refractivity contribution in [2.45, 2.75) is 32.9 Å². The molecule has 0 saturated heterocycles. The zero-order valence-electron chi connectivity index (χ0n) is 11.7. The Bertz CT molecular complexity index is 531. The minimum absolute atomic E-state index is 0.0527. The van der Waals surface area contributed by atoms with E-state index in [1.54, 1.807) is 23.6 Å². The Morgan fingerprint density at radius 1 is 1.45 bits per heavy atom. The second-order valence-electron chi connectivity index (χ2n) is 4.57. The van der Waals surface area contributed by atoms with E-state index in [0.717, 1.165) is 23.5 Å². The van der Waals surface area contributed by atoms with Gasteiger partial charge in [0.15, 0.2) is 0 Å². The van der Waals surface area contributed by atoms with E-state index >= 15 is 0 Å². The molecular weight excluding hydrogens is 275 g/mol. The Labute approximate surface area is 122 Å². The van der Waals surface area contributed by atoms with Crippen LogP contribution in [0.5, 0.6) is 5.75 Å². The molecule has 0 aliphatic carbocycles. The van der Waals surface area contributed by atoms with Gasteiger partial charge in [0.2, 0.25) is 0 Å². The molecular formula is C15H19FN2OS. The number of benzene rings is 1. The maximum atomic E-state index is 13.4. The Kier molecular flexibility index (Phi) is 5.49. The monoisotopic (exact) mass is 294 g/mol. The second kappa shape index (κ2) is 7.36. The van der Waals surface area contributed by atoms with E-state index in [2.05, 4.69) is 17.2 Å². The number of nitrogens with one attached hydrogen (secondary N) is 1. The van der Waals surface area contributed by atoms with Crippen molar-refractivity contribution in [2.24, 2.45) is 0 Å². The summed E-state index contributed by atoms with van der Waals surface area (Å²) in [7, 11) is 0. The third kappa shape index (κ3) is 4.02. The van der Waals surface area contributed by atoms with Gasteiger partial charge in [0, 0.05) is 23.2 Å². The van der Waals surface area contributed by atoms with Crippen LogP contribution in [0.2, 0.25) is 0 Å². The normalized spacial score (nSPS) is 12.3. The number of hydrogen-bond donors (Lipinski definition) is 1. The SMILES string of the molecule is CCCNC(C)c1cc(F)ccc1OCc1nccs1. The minimum Gasteiger partial charge on any atom is -0.486 e. The standard InChI is InChI=1S/C15H19FN2OS/c1-3-6-17-11(2)13-9-12(16)4-5-14(13)19-10-15-18-7-8-20-15/h4-5,7-9,11,17H,3,6,10H2,1-2H3. The van der Waals surface area contributed by atoms with Crippen molar-refractivity contribution in [3.8, 4) is 5.75 Å². The summed E-state index contributed by atoms with van der Waals surface area (Å²) < 4.78 is 19.2. The van der Waals surface area contributed by atoms with E-state index in [1.165, 1.54) is 12.1 Å². The van der Waals surface area contributed by atoms with Gasteiger partial charge in [-0.25, -0.2) is 9.37 Å². The molecule has 5 heteroatoms. The first-order valence-corrected chi connectivity index (χ1v) is 7.62. The lowest BCUT2D eigenvalue weighted by Crippen LogP contribution is -2.20. The van der Waals surface area contributed by atoms with E-state index < -0.39 is 0 Å². The van der Waals surface area contributed by atoms with Gasteiger partial charge < -0.3 is 10.1 Å². The maximum absolute atomic E-state index is 13.4. The summed E-state index contributed by atoms with van der Waals surface area (Å²) in [5.74, 6) is 0.462. The molecule has 0 fully saturated rings. The first-order valence-electron chi connectivity index (χ1n) is 6.74. The molecule has 1 atom stereocenters. The van der Waals surface area contributed by atoms with Crippen molar-refractivity contribution < 1.29 is 9.13 Å². The second-order valence-corrected chi connectivity index (χ2v) is 5.55. The fourth-order valence-corrected chi connectivity index (χ4v) is 2.45. The fourth-order valence-electron chi connectivity index (χ4n) is 1.92. The number of rotatable bonds is 7. The average molecular weight is 294 g/mol. The van der Waals surface area contributed by atoms with Crippen molar-refractivity contribution >= 4 is 11.3 Å². The van der Waals surface area contributed by atoms with E-state index in [4.69, 9.17) is 4.74 Å². The van der Waals surface area contributed by atoms with Crippen molar-refractivity contribution in [3.05, 3.63) is 46.2 Å². The molecule has 1 aromatic heterocycles. The van der Waals surface area contributed by atoms with Gasteiger partial charge in [-0.3, -0.25) is 0 Å². The summed E-state index contributed by atoms with van der Waals surface area (Å²) in [5, 5.41) is 6.17. The first-order chi connectivity index (χ1) is 9.70. The third-order valence-corrected chi connectivity index (χ3v) is 3.73. The summed E-state index contributed by atoms with van der Waals surface area (Å²) in [4.78, 5) is 4.18. The smallest absolute Gasteiger partial charge is 0.140 e. The van der Waals surface area contributed by atoms with Gasteiger partial charge >= 0.3 is 0 Å². The van der Waals surface area contributed by atoms with Crippen LogP contribution in [0.1, 0.15) is 36.9 Å². The molecule has 0 aliphatic rings. The molecule has 0 saturated carbocycles. The molecule has 1 aromatic carbocycles. The van der Waals surface area contributed by atoms with Gasteiger partial charge in [-0.15, -0.1) is 11.3 Å². The molecule has 0 spiro atoms. The predicted molar refractivity (Wildman–Crippen MR) is 79.6 cm³/mol. The lowest BCUT2D eigenvalue weighted by molar-refractivity contribution is 0.298. The Hall–Kier alpha value is -1.46. The van der Waals surface area contributed by atoms with Gasteiger partial charge in [-0.2, -0.15) is 0 Å². The van der Waals surface area contributed by atoms with Gasteiger partial charge in [0.05, 0.1) is 0 Å². The lowest BCUT2D eigenvalue weighted by Gasteiger charge is -2.18. The highest BCUT2D eigenvalue weighted by Crippen LogP contribution is 2.27. The van der Waals surface area contributed by atoms with E-state index in [0.29, 0.717) is 12.4 Å². The molecule has 1 heterocycles. The summed E-state index contributed by atoms with van der Waals surface area (Å²) in [6, 6.07) is 4.69. The number of nitrogens with zero attached hydrogens (tertiary/aromatic N) is 1. The highest BCUT2D eigenvalue weighted by Gasteiger charge is 2.13. The first kappa shape index (κ1) is 14.9. The molecule has 0 bridgehead atoms. The lowest BCUT2D eigenvalue weighted by atomic mass is 10.1. The van der Waals surface area contributed by atoms with Crippen LogP contribution in [0.3, 0.4) is 0 Å². The van der Waals surface area contributed by atoms with E-state index in [9.17, 15) is 4.39 Å². The van der Waals surface area contributed by atoms with Crippen LogP contribution >= 0.6 is 11.3 Å². The van der Waals surface area contributed by atoms with E-state index in [1.807, 2.05) is 12.3 Å². The van der Waals surface area contributed by atoms with Crippen LogP contribution in [0, 0.1) is 5.82 Å². The highest BCUT2D eigenvalue weighted by atomic mass is 32.1. The summed E-state index contributed by atoms with van der Waals surface area (Å²) in [5.41, 5.74) is 0.843. The van der Waals surface area contributed by atoms with Crippen molar-refractivity contribution in [2.75, 3.05) is 6.54 Å².